The van der Waals surface area contributed by atoms with Gasteiger partial charge in [0.25, 0.3) is 0 Å². The van der Waals surface area contributed by atoms with Gasteiger partial charge in [-0.1, -0.05) is 12.2 Å². The molecule has 0 saturated heterocycles. The maximum atomic E-state index is 7.39. The van der Waals surface area contributed by atoms with Gasteiger partial charge in [-0.2, -0.15) is 0 Å². The predicted octanol–water partition coefficient (Wildman–Crippen LogP) is -1.88. The van der Waals surface area contributed by atoms with Crippen LogP contribution < -0.4 is 11.5 Å². The van der Waals surface area contributed by atoms with Gasteiger partial charge in [-0.15, -0.1) is 0 Å². The lowest BCUT2D eigenvalue weighted by Gasteiger charge is -1.81. The highest BCUT2D eigenvalue weighted by atomic mass is 32.1. The molecule has 0 aromatic heterocycles. The Labute approximate surface area is 46.7 Å². The summed E-state index contributed by atoms with van der Waals surface area (Å²) in [7, 11) is 0. The molecule has 6 N–H and O–H groups in total. The van der Waals surface area contributed by atoms with Gasteiger partial charge < -0.3 is 15.9 Å². The fourth-order valence-electron chi connectivity index (χ4n) is 0. The molecular formula is C2H8N2O2S. The fourth-order valence-corrected chi connectivity index (χ4v) is 0. The van der Waals surface area contributed by atoms with Crippen LogP contribution in [0.5, 0.6) is 0 Å². The van der Waals surface area contributed by atoms with E-state index in [2.05, 4.69) is 23.7 Å². The molecule has 0 fully saturated rings. The third-order valence-electron chi connectivity index (χ3n) is 0. The van der Waals surface area contributed by atoms with Gasteiger partial charge in [0.05, 0.1) is 5.49 Å². The van der Waals surface area contributed by atoms with E-state index in [9.17, 15) is 0 Å². The van der Waals surface area contributed by atoms with E-state index in [1.54, 1.807) is 0 Å². The summed E-state index contributed by atoms with van der Waals surface area (Å²) in [5.41, 5.74) is 9.84. The molecule has 0 spiro atoms. The van der Waals surface area contributed by atoms with E-state index >= 15 is 0 Å². The molecule has 0 aromatic carbocycles. The molecule has 0 radical (unpaired) electrons. The summed E-state index contributed by atoms with van der Waals surface area (Å²) in [6.07, 6.45) is -1.67. The highest BCUT2D eigenvalue weighted by Gasteiger charge is 1.69. The molecule has 0 bridgehead atoms. The van der Waals surface area contributed by atoms with Gasteiger partial charge in [0.2, 0.25) is 6.41 Å². The molecule has 0 aliphatic carbocycles. The van der Waals surface area contributed by atoms with E-state index in [0.29, 0.717) is 0 Å². The maximum Gasteiger partial charge on any atom is 0.208 e. The zero-order chi connectivity index (χ0) is 6.28. The lowest BCUT2D eigenvalue weighted by atomic mass is 11.2. The van der Waals surface area contributed by atoms with Crippen LogP contribution in [0.2, 0.25) is 0 Å². The standard InChI is InChI=1S/CH5NO2.CH3NS/c2-1(3)4;2-1-3/h1,3-4H,2H2;1H,(H2,2,3). The Hall–Kier alpha value is -0.230. The van der Waals surface area contributed by atoms with Crippen LogP contribution in [-0.4, -0.2) is 22.1 Å². The molecule has 0 aliphatic heterocycles. The predicted molar refractivity (Wildman–Crippen MR) is 30.3 cm³/mol. The first-order chi connectivity index (χ1) is 3.15. The highest BCUT2D eigenvalue weighted by molar-refractivity contribution is 7.78. The van der Waals surface area contributed by atoms with Gasteiger partial charge in [-0.3, -0.25) is 5.73 Å². The molecule has 0 rings (SSSR count). The highest BCUT2D eigenvalue weighted by Crippen LogP contribution is 1.40. The SMILES string of the molecule is NC(O)O.NC=S. The van der Waals surface area contributed by atoms with Crippen LogP contribution in [0.1, 0.15) is 0 Å². The van der Waals surface area contributed by atoms with Crippen molar-refractivity contribution in [2.45, 2.75) is 6.41 Å². The maximum absolute atomic E-state index is 7.39. The molecule has 0 atom stereocenters. The molecule has 0 saturated carbocycles. The van der Waals surface area contributed by atoms with E-state index in [1.165, 1.54) is 0 Å². The number of rotatable bonds is 0. The monoisotopic (exact) mass is 124 g/mol. The van der Waals surface area contributed by atoms with Crippen molar-refractivity contribution in [3.8, 4) is 0 Å². The minimum atomic E-state index is -1.67. The summed E-state index contributed by atoms with van der Waals surface area (Å²) >= 11 is 4.05. The third kappa shape index (κ3) is 1550. The van der Waals surface area contributed by atoms with Crippen molar-refractivity contribution in [1.29, 1.82) is 0 Å². The Morgan fingerprint density at radius 1 is 1.57 bits per heavy atom. The van der Waals surface area contributed by atoms with Crippen LogP contribution in [0, 0.1) is 0 Å². The van der Waals surface area contributed by atoms with Crippen molar-refractivity contribution in [3.63, 3.8) is 0 Å². The van der Waals surface area contributed by atoms with Crippen LogP contribution in [0.15, 0.2) is 0 Å². The van der Waals surface area contributed by atoms with Crippen molar-refractivity contribution in [2.24, 2.45) is 11.5 Å². The van der Waals surface area contributed by atoms with Crippen LogP contribution in [0.25, 0.3) is 0 Å². The number of aliphatic hydroxyl groups excluding tert-OH is 1. The van der Waals surface area contributed by atoms with E-state index in [1.807, 2.05) is 0 Å². The smallest absolute Gasteiger partial charge is 0.208 e. The molecule has 0 unspecified atom stereocenters. The Bertz CT molecular complexity index is 37.9. The van der Waals surface area contributed by atoms with Crippen molar-refractivity contribution in [3.05, 3.63) is 0 Å². The zero-order valence-electron chi connectivity index (χ0n) is 3.61. The summed E-state index contributed by atoms with van der Waals surface area (Å²) in [6, 6.07) is 0. The van der Waals surface area contributed by atoms with Crippen LogP contribution in [0.3, 0.4) is 0 Å². The lowest BCUT2D eigenvalue weighted by Crippen LogP contribution is -2.15. The summed E-state index contributed by atoms with van der Waals surface area (Å²) in [6.45, 7) is 0. The first-order valence-electron chi connectivity index (χ1n) is 1.42. The summed E-state index contributed by atoms with van der Waals surface area (Å²) < 4.78 is 0. The normalized spacial score (nSPS) is 6.86. The van der Waals surface area contributed by atoms with Gasteiger partial charge in [-0.25, -0.2) is 0 Å². The Balaban J connectivity index is 0. The van der Waals surface area contributed by atoms with Gasteiger partial charge >= 0.3 is 0 Å². The number of hydrogen-bond acceptors (Lipinski definition) is 4. The Morgan fingerprint density at radius 2 is 1.57 bits per heavy atom. The van der Waals surface area contributed by atoms with Gasteiger partial charge in [-0.05, 0) is 0 Å². The van der Waals surface area contributed by atoms with E-state index in [-0.39, 0.29) is 0 Å². The summed E-state index contributed by atoms with van der Waals surface area (Å²) in [5.74, 6) is 0. The van der Waals surface area contributed by atoms with Crippen LogP contribution >= 0.6 is 12.2 Å². The topological polar surface area (TPSA) is 92.5 Å². The van der Waals surface area contributed by atoms with E-state index in [0.717, 1.165) is 5.49 Å². The van der Waals surface area contributed by atoms with Crippen LogP contribution in [0.4, 0.5) is 0 Å². The molecule has 44 valence electrons. The number of nitrogens with two attached hydrogens (primary N) is 2. The largest absolute Gasteiger partial charge is 0.396 e. The minimum absolute atomic E-state index is 1.08. The molecule has 0 aliphatic rings. The van der Waals surface area contributed by atoms with Crippen molar-refractivity contribution in [2.75, 3.05) is 0 Å². The second-order valence-electron chi connectivity index (χ2n) is 0.550. The lowest BCUT2D eigenvalue weighted by molar-refractivity contribution is -0.0333. The molecule has 0 heterocycles. The summed E-state index contributed by atoms with van der Waals surface area (Å²) in [5, 5.41) is 14.8. The average molecular weight is 124 g/mol. The van der Waals surface area contributed by atoms with Gasteiger partial charge in [0.15, 0.2) is 0 Å². The van der Waals surface area contributed by atoms with Gasteiger partial charge in [0, 0.05) is 0 Å². The Morgan fingerprint density at radius 3 is 1.57 bits per heavy atom. The number of aliphatic hydroxyl groups is 2. The number of thiocarbonyl (C=S) groups is 1. The van der Waals surface area contributed by atoms with Crippen molar-refractivity contribution < 1.29 is 10.2 Å². The number of hydrogen-bond donors (Lipinski definition) is 4. The molecule has 5 heteroatoms. The Kier molecular flexibility index (Phi) is 13.1. The first kappa shape index (κ1) is 9.91. The average Bonchev–Trinajstić information content (AvgIpc) is 1.33. The first-order valence-corrected chi connectivity index (χ1v) is 1.89. The summed E-state index contributed by atoms with van der Waals surface area (Å²) in [4.78, 5) is 0. The van der Waals surface area contributed by atoms with Crippen LogP contribution in [-0.2, 0) is 0 Å². The van der Waals surface area contributed by atoms with Crippen molar-refractivity contribution >= 4 is 17.7 Å². The second kappa shape index (κ2) is 9.24. The zero-order valence-corrected chi connectivity index (χ0v) is 4.43. The third-order valence-corrected chi connectivity index (χ3v) is 0. The van der Waals surface area contributed by atoms with Gasteiger partial charge in [0.1, 0.15) is 0 Å². The van der Waals surface area contributed by atoms with E-state index in [4.69, 9.17) is 10.2 Å². The molecule has 0 amide bonds. The van der Waals surface area contributed by atoms with E-state index < -0.39 is 6.41 Å². The minimum Gasteiger partial charge on any atom is -0.396 e. The molecular weight excluding hydrogens is 116 g/mol. The quantitative estimate of drug-likeness (QED) is 0.224. The second-order valence-corrected chi connectivity index (χ2v) is 0.822. The molecule has 0 aromatic rings. The molecule has 7 heavy (non-hydrogen) atoms. The van der Waals surface area contributed by atoms with Crippen molar-refractivity contribution in [1.82, 2.24) is 0 Å². The fraction of sp³-hybridized carbons (Fsp3) is 0.500. The molecule has 4 nitrogen and oxygen atoms in total.